The monoisotopic (exact) mass is 653 g/mol. The van der Waals surface area contributed by atoms with Crippen LogP contribution in [0.1, 0.15) is 31.2 Å². The van der Waals surface area contributed by atoms with Crippen molar-refractivity contribution < 1.29 is 14.3 Å². The molecule has 0 unspecified atom stereocenters. The molecule has 0 saturated heterocycles. The van der Waals surface area contributed by atoms with Crippen LogP contribution in [0.5, 0.6) is 11.6 Å². The number of tetrazole rings is 1. The number of hydrogen-bond donors (Lipinski definition) is 3. The van der Waals surface area contributed by atoms with E-state index in [-0.39, 0.29) is 30.7 Å². The van der Waals surface area contributed by atoms with Crippen LogP contribution in [0.25, 0.3) is 22.5 Å². The van der Waals surface area contributed by atoms with Gasteiger partial charge < -0.3 is 16.2 Å². The highest BCUT2D eigenvalue weighted by Crippen LogP contribution is 2.33. The van der Waals surface area contributed by atoms with Gasteiger partial charge in [0.2, 0.25) is 23.5 Å². The normalized spacial score (nSPS) is 16.4. The number of primary amides is 1. The maximum atomic E-state index is 14.2. The van der Waals surface area contributed by atoms with Crippen molar-refractivity contribution in [3.63, 3.8) is 0 Å². The number of pyridine rings is 2. The van der Waals surface area contributed by atoms with E-state index in [9.17, 15) is 9.59 Å². The van der Waals surface area contributed by atoms with E-state index in [4.69, 9.17) is 16.2 Å². The Morgan fingerprint density at radius 2 is 1.64 bits per heavy atom. The summed E-state index contributed by atoms with van der Waals surface area (Å²) >= 11 is 0. The van der Waals surface area contributed by atoms with Crippen molar-refractivity contribution in [3.8, 4) is 34.1 Å². The lowest BCUT2D eigenvalue weighted by Gasteiger charge is -2.35. The molecule has 1 atom stereocenters. The third kappa shape index (κ3) is 7.97. The third-order valence-corrected chi connectivity index (χ3v) is 8.47. The molecule has 5 N–H and O–H groups in total. The van der Waals surface area contributed by atoms with Gasteiger partial charge in [0.25, 0.3) is 0 Å². The van der Waals surface area contributed by atoms with Crippen LogP contribution in [-0.4, -0.2) is 55.0 Å². The minimum atomic E-state index is -0.896. The van der Waals surface area contributed by atoms with E-state index in [0.29, 0.717) is 35.6 Å². The molecule has 1 fully saturated rings. The highest BCUT2D eigenvalue weighted by atomic mass is 35.5. The van der Waals surface area contributed by atoms with Crippen molar-refractivity contribution in [3.05, 3.63) is 97.0 Å². The molecule has 3 heterocycles. The van der Waals surface area contributed by atoms with Crippen LogP contribution in [0.15, 0.2) is 91.4 Å². The van der Waals surface area contributed by atoms with Gasteiger partial charge in [-0.25, -0.2) is 4.98 Å². The Kier molecular flexibility index (Phi) is 10.9. The molecule has 0 aliphatic heterocycles. The van der Waals surface area contributed by atoms with E-state index in [1.54, 1.807) is 59.9 Å². The van der Waals surface area contributed by atoms with Crippen molar-refractivity contribution >= 4 is 29.9 Å². The fourth-order valence-corrected chi connectivity index (χ4v) is 5.87. The average molecular weight is 654 g/mol. The summed E-state index contributed by atoms with van der Waals surface area (Å²) in [6, 6.07) is 21.5. The third-order valence-electron chi connectivity index (χ3n) is 8.47. The number of nitrogens with one attached hydrogen (secondary N) is 1. The van der Waals surface area contributed by atoms with Crippen LogP contribution >= 0.6 is 12.4 Å². The number of ether oxygens (including phenoxy) is 1. The van der Waals surface area contributed by atoms with E-state index in [0.717, 1.165) is 47.9 Å². The molecule has 6 rings (SSSR count). The molecule has 1 saturated carbocycles. The molecule has 242 valence electrons. The second-order valence-electron chi connectivity index (χ2n) is 11.4. The van der Waals surface area contributed by atoms with Gasteiger partial charge in [0, 0.05) is 47.6 Å². The Hall–Kier alpha value is -5.20. The number of hydrogen-bond acceptors (Lipinski definition) is 9. The summed E-state index contributed by atoms with van der Waals surface area (Å²) in [7, 11) is 0. The maximum Gasteiger partial charge on any atom is 0.240 e. The molecule has 0 radical (unpaired) electrons. The first-order valence-corrected chi connectivity index (χ1v) is 15.3. The zero-order valence-corrected chi connectivity index (χ0v) is 26.4. The molecule has 3 aromatic heterocycles. The highest BCUT2D eigenvalue weighted by molar-refractivity contribution is 6.01. The Morgan fingerprint density at radius 1 is 0.915 bits per heavy atom. The Morgan fingerprint density at radius 3 is 2.23 bits per heavy atom. The van der Waals surface area contributed by atoms with Crippen LogP contribution in [0.2, 0.25) is 0 Å². The van der Waals surface area contributed by atoms with Crippen LogP contribution in [0.3, 0.4) is 0 Å². The number of nitrogens with zero attached hydrogens (tertiary/aromatic N) is 6. The number of carbonyl (C=O) groups is 2. The van der Waals surface area contributed by atoms with Crippen LogP contribution in [0.4, 0.5) is 5.69 Å². The van der Waals surface area contributed by atoms with Crippen LogP contribution in [-0.2, 0) is 16.0 Å². The summed E-state index contributed by atoms with van der Waals surface area (Å²) in [4.78, 5) is 37.3. The van der Waals surface area contributed by atoms with E-state index in [1.807, 2.05) is 36.4 Å². The largest absolute Gasteiger partial charge is 0.437 e. The first-order chi connectivity index (χ1) is 22.5. The number of anilines is 1. The van der Waals surface area contributed by atoms with Crippen molar-refractivity contribution in [1.29, 1.82) is 0 Å². The van der Waals surface area contributed by atoms with E-state index in [1.165, 1.54) is 0 Å². The minimum Gasteiger partial charge on any atom is -0.437 e. The lowest BCUT2D eigenvalue weighted by Crippen LogP contribution is -2.52. The predicted octanol–water partition coefficient (Wildman–Crippen LogP) is 4.73. The van der Waals surface area contributed by atoms with Gasteiger partial charge >= 0.3 is 0 Å². The van der Waals surface area contributed by atoms with Gasteiger partial charge in [-0.3, -0.25) is 19.5 Å². The second kappa shape index (κ2) is 15.4. The number of amides is 2. The molecule has 12 nitrogen and oxygen atoms in total. The molecular weight excluding hydrogens is 618 g/mol. The van der Waals surface area contributed by atoms with E-state index in [2.05, 4.69) is 30.6 Å². The van der Waals surface area contributed by atoms with E-state index < -0.39 is 11.9 Å². The highest BCUT2D eigenvalue weighted by Gasteiger charge is 2.36. The number of aromatic amines is 1. The molecule has 1 aliphatic rings. The van der Waals surface area contributed by atoms with Crippen molar-refractivity contribution in [2.45, 2.75) is 38.1 Å². The van der Waals surface area contributed by atoms with Gasteiger partial charge in [0.1, 0.15) is 11.8 Å². The number of benzene rings is 2. The van der Waals surface area contributed by atoms with Crippen molar-refractivity contribution in [2.24, 2.45) is 23.3 Å². The summed E-state index contributed by atoms with van der Waals surface area (Å²) in [5, 5.41) is 14.1. The molecule has 47 heavy (non-hydrogen) atoms. The second-order valence-corrected chi connectivity index (χ2v) is 11.4. The number of rotatable bonds is 11. The lowest BCUT2D eigenvalue weighted by molar-refractivity contribution is -0.127. The molecule has 1 aliphatic carbocycles. The zero-order valence-electron chi connectivity index (χ0n) is 25.6. The Bertz CT molecular complexity index is 1730. The topological polar surface area (TPSA) is 179 Å². The van der Waals surface area contributed by atoms with Crippen molar-refractivity contribution in [1.82, 2.24) is 30.6 Å². The van der Waals surface area contributed by atoms with Gasteiger partial charge in [0.15, 0.2) is 0 Å². The first kappa shape index (κ1) is 33.2. The van der Waals surface area contributed by atoms with E-state index >= 15 is 0 Å². The lowest BCUT2D eigenvalue weighted by atomic mass is 9.81. The van der Waals surface area contributed by atoms with Gasteiger partial charge in [-0.2, -0.15) is 5.21 Å². The molecule has 2 amide bonds. The summed E-state index contributed by atoms with van der Waals surface area (Å²) < 4.78 is 5.75. The average Bonchev–Trinajstić information content (AvgIpc) is 3.65. The summed E-state index contributed by atoms with van der Waals surface area (Å²) in [6.07, 6.45) is 8.50. The molecule has 0 bridgehead atoms. The van der Waals surface area contributed by atoms with Gasteiger partial charge in [-0.15, -0.1) is 22.6 Å². The fraction of sp³-hybridized carbons (Fsp3) is 0.265. The molecule has 5 aromatic rings. The van der Waals surface area contributed by atoms with Gasteiger partial charge in [-0.1, -0.05) is 24.3 Å². The number of halogens is 1. The van der Waals surface area contributed by atoms with Crippen LogP contribution in [0, 0.1) is 11.8 Å². The molecule has 0 spiro atoms. The SMILES string of the molecule is Cl.NC[C@H]1CC[C@H](C(=O)N(c2ccc(-c3nn[nH]n3)cc2)[C@@H](Cc2ccc(-c3ccc(Oc4cccnc4)nc3)cc2)C(N)=O)CC1. The fourth-order valence-electron chi connectivity index (χ4n) is 5.87. The summed E-state index contributed by atoms with van der Waals surface area (Å²) in [5.41, 5.74) is 16.0. The minimum absolute atomic E-state index is 0. The molecule has 13 heteroatoms. The van der Waals surface area contributed by atoms with Crippen LogP contribution < -0.4 is 21.1 Å². The molecular formula is C34H36ClN9O3. The summed E-state index contributed by atoms with van der Waals surface area (Å²) in [5.74, 6) is 1.01. The number of carbonyl (C=O) groups excluding carboxylic acids is 2. The zero-order chi connectivity index (χ0) is 31.9. The first-order valence-electron chi connectivity index (χ1n) is 15.3. The molecule has 2 aromatic carbocycles. The standard InChI is InChI=1S/C34H35N9O3.ClH/c35-19-23-5-9-26(10-6-23)34(45)43(28-14-11-25(12-15-28)33-39-41-42-40-33)30(32(36)44)18-22-3-7-24(8-4-22)27-13-16-31(38-20-27)46-29-2-1-17-37-21-29;/h1-4,7-8,11-17,20-21,23,26,30H,5-6,9-10,18-19,35H2,(H2,36,44)(H,39,40,41,42);1H/t23-,26-,30-;/m0./s1. The number of nitrogens with two attached hydrogens (primary N) is 2. The van der Waals surface area contributed by atoms with Gasteiger partial charge in [0.05, 0.1) is 6.20 Å². The Labute approximate surface area is 278 Å². The van der Waals surface area contributed by atoms with Crippen molar-refractivity contribution in [2.75, 3.05) is 11.4 Å². The number of H-pyrrole nitrogens is 1. The Balaban J connectivity index is 0.00000433. The predicted molar refractivity (Wildman–Crippen MR) is 180 cm³/mol. The quantitative estimate of drug-likeness (QED) is 0.182. The maximum absolute atomic E-state index is 14.2. The smallest absolute Gasteiger partial charge is 0.240 e. The summed E-state index contributed by atoms with van der Waals surface area (Å²) in [6.45, 7) is 0.613. The van der Waals surface area contributed by atoms with Gasteiger partial charge in [-0.05, 0) is 97.0 Å². The number of aromatic nitrogens is 6.